The van der Waals surface area contributed by atoms with Gasteiger partial charge in [0, 0.05) is 16.6 Å². The van der Waals surface area contributed by atoms with E-state index in [2.05, 4.69) is 6.92 Å². The smallest absolute Gasteiger partial charge is 0.349 e. The molecule has 3 aromatic rings. The third kappa shape index (κ3) is 2.82. The van der Waals surface area contributed by atoms with E-state index in [1.807, 2.05) is 12.1 Å². The fourth-order valence-corrected chi connectivity index (χ4v) is 4.88. The van der Waals surface area contributed by atoms with Gasteiger partial charge in [-0.1, -0.05) is 37.3 Å². The predicted molar refractivity (Wildman–Crippen MR) is 114 cm³/mol. The van der Waals surface area contributed by atoms with Gasteiger partial charge in [0.05, 0.1) is 12.2 Å². The van der Waals surface area contributed by atoms with E-state index in [1.54, 1.807) is 18.2 Å². The number of aryl methyl sites for hydroxylation is 1. The minimum atomic E-state index is -0.642. The number of aromatic nitrogens is 1. The molecule has 1 aromatic carbocycles. The predicted octanol–water partition coefficient (Wildman–Crippen LogP) is 3.96. The third-order valence-electron chi connectivity index (χ3n) is 5.90. The second-order valence-electron chi connectivity index (χ2n) is 7.58. The minimum absolute atomic E-state index is 0.00318. The molecule has 5 nitrogen and oxygen atoms in total. The Labute approximate surface area is 173 Å². The zero-order chi connectivity index (χ0) is 20.1. The van der Waals surface area contributed by atoms with Crippen LogP contribution in [0.1, 0.15) is 58.2 Å². The highest BCUT2D eigenvalue weighted by Gasteiger charge is 2.36. The average molecular weight is 404 g/mol. The second-order valence-corrected chi connectivity index (χ2v) is 7.97. The lowest BCUT2D eigenvalue weighted by Crippen LogP contribution is -2.34. The van der Waals surface area contributed by atoms with Crippen LogP contribution in [0.4, 0.5) is 0 Å². The number of nitrogens with zero attached hydrogens (tertiary/aromatic N) is 2. The maximum atomic E-state index is 13.3. The Morgan fingerprint density at radius 2 is 1.97 bits per heavy atom. The van der Waals surface area contributed by atoms with Crippen LogP contribution in [-0.4, -0.2) is 20.8 Å². The minimum Gasteiger partial charge on any atom is -0.422 e. The van der Waals surface area contributed by atoms with Crippen LogP contribution in [0.25, 0.3) is 11.0 Å². The van der Waals surface area contributed by atoms with Gasteiger partial charge >= 0.3 is 5.63 Å². The van der Waals surface area contributed by atoms with Crippen molar-refractivity contribution < 1.29 is 9.21 Å². The van der Waals surface area contributed by atoms with Gasteiger partial charge in [-0.25, -0.2) is 4.79 Å². The number of benzene rings is 1. The topological polar surface area (TPSA) is 63.4 Å². The van der Waals surface area contributed by atoms with Gasteiger partial charge in [-0.15, -0.1) is 0 Å². The summed E-state index contributed by atoms with van der Waals surface area (Å²) < 4.78 is 5.35. The summed E-state index contributed by atoms with van der Waals surface area (Å²) in [5, 5.41) is 0.710. The Bertz CT molecular complexity index is 1240. The van der Waals surface area contributed by atoms with Crippen molar-refractivity contribution in [1.29, 1.82) is 0 Å². The first kappa shape index (κ1) is 18.2. The maximum absolute atomic E-state index is 13.3. The fourth-order valence-electron chi connectivity index (χ4n) is 4.50. The number of hydrogen-bond donors (Lipinski definition) is 0. The largest absolute Gasteiger partial charge is 0.422 e. The van der Waals surface area contributed by atoms with Gasteiger partial charge in [0.25, 0.3) is 5.91 Å². The Morgan fingerprint density at radius 3 is 2.76 bits per heavy atom. The molecule has 1 aliphatic heterocycles. The molecule has 0 N–H and O–H groups in total. The van der Waals surface area contributed by atoms with E-state index in [9.17, 15) is 9.59 Å². The standard InChI is InChI=1S/C23H20N2O3S/c1-2-17-14-8-4-5-9-15(14)20-18(24-17)12-25(22(20)29)21(26)16-11-13-7-3-6-10-19(13)28-23(16)27/h3,6-7,10-11H,2,4-5,8-9,12H2,1H3. The molecule has 0 unspecified atom stereocenters. The van der Waals surface area contributed by atoms with Gasteiger partial charge in [0.15, 0.2) is 0 Å². The summed E-state index contributed by atoms with van der Waals surface area (Å²) in [6, 6.07) is 8.76. The van der Waals surface area contributed by atoms with Crippen LogP contribution in [0.2, 0.25) is 0 Å². The number of thiocarbonyl (C=S) groups is 1. The monoisotopic (exact) mass is 404 g/mol. The molecule has 0 fully saturated rings. The van der Waals surface area contributed by atoms with Gasteiger partial charge in [0.1, 0.15) is 16.1 Å². The van der Waals surface area contributed by atoms with Crippen LogP contribution in [0, 0.1) is 0 Å². The second kappa shape index (κ2) is 6.88. The zero-order valence-corrected chi connectivity index (χ0v) is 17.0. The van der Waals surface area contributed by atoms with Crippen LogP contribution in [-0.2, 0) is 25.8 Å². The lowest BCUT2D eigenvalue weighted by atomic mass is 9.86. The quantitative estimate of drug-likeness (QED) is 0.478. The van der Waals surface area contributed by atoms with Crippen molar-refractivity contribution in [2.75, 3.05) is 0 Å². The molecule has 1 aliphatic carbocycles. The van der Waals surface area contributed by atoms with Gasteiger partial charge in [-0.3, -0.25) is 14.7 Å². The number of carbonyl (C=O) groups excluding carboxylic acids is 1. The molecule has 0 bridgehead atoms. The first-order valence-electron chi connectivity index (χ1n) is 10.0. The molecule has 0 saturated carbocycles. The van der Waals surface area contributed by atoms with Crippen LogP contribution in [0.3, 0.4) is 0 Å². The van der Waals surface area contributed by atoms with E-state index < -0.39 is 11.5 Å². The van der Waals surface area contributed by atoms with E-state index in [4.69, 9.17) is 21.6 Å². The molecular formula is C23H20N2O3S. The van der Waals surface area contributed by atoms with Crippen molar-refractivity contribution in [1.82, 2.24) is 9.88 Å². The molecule has 5 rings (SSSR count). The fraction of sp³-hybridized carbons (Fsp3) is 0.304. The summed E-state index contributed by atoms with van der Waals surface area (Å²) >= 11 is 5.71. The van der Waals surface area contributed by atoms with Crippen LogP contribution in [0.5, 0.6) is 0 Å². The van der Waals surface area contributed by atoms with Crippen molar-refractivity contribution in [2.45, 2.75) is 45.6 Å². The number of amides is 1. The zero-order valence-electron chi connectivity index (χ0n) is 16.2. The van der Waals surface area contributed by atoms with E-state index in [0.29, 0.717) is 22.5 Å². The number of hydrogen-bond acceptors (Lipinski definition) is 5. The first-order valence-corrected chi connectivity index (χ1v) is 10.4. The molecule has 0 saturated heterocycles. The first-order chi connectivity index (χ1) is 14.1. The van der Waals surface area contributed by atoms with Crippen LogP contribution in [0.15, 0.2) is 39.5 Å². The molecule has 0 atom stereocenters. The Hall–Kier alpha value is -2.86. The van der Waals surface area contributed by atoms with E-state index in [1.165, 1.54) is 16.0 Å². The normalized spacial score (nSPS) is 15.5. The SMILES string of the molecule is CCc1nc2c(c3c1CCCC3)C(=S)N(C(=O)c1cc3ccccc3oc1=O)C2. The summed E-state index contributed by atoms with van der Waals surface area (Å²) in [5.74, 6) is -0.421. The summed E-state index contributed by atoms with van der Waals surface area (Å²) in [5.41, 5.74) is 5.28. The molecule has 2 aromatic heterocycles. The summed E-state index contributed by atoms with van der Waals surface area (Å²) in [4.78, 5) is 32.6. The number of rotatable bonds is 2. The van der Waals surface area contributed by atoms with E-state index in [0.717, 1.165) is 49.1 Å². The molecule has 1 amide bonds. The van der Waals surface area contributed by atoms with Crippen molar-refractivity contribution in [2.24, 2.45) is 0 Å². The highest BCUT2D eigenvalue weighted by atomic mass is 32.1. The molecule has 0 spiro atoms. The Kier molecular flexibility index (Phi) is 4.32. The average Bonchev–Trinajstić information content (AvgIpc) is 3.08. The van der Waals surface area contributed by atoms with Gasteiger partial charge in [0.2, 0.25) is 0 Å². The maximum Gasteiger partial charge on any atom is 0.349 e. The summed E-state index contributed by atoms with van der Waals surface area (Å²) in [6.45, 7) is 2.42. The van der Waals surface area contributed by atoms with Gasteiger partial charge in [-0.2, -0.15) is 0 Å². The molecule has 2 aliphatic rings. The summed E-state index contributed by atoms with van der Waals surface area (Å²) in [6.07, 6.45) is 5.13. The lowest BCUT2D eigenvalue weighted by Gasteiger charge is -2.21. The van der Waals surface area contributed by atoms with Crippen molar-refractivity contribution in [3.63, 3.8) is 0 Å². The van der Waals surface area contributed by atoms with E-state index in [-0.39, 0.29) is 5.56 Å². The number of para-hydroxylation sites is 1. The molecule has 6 heteroatoms. The lowest BCUT2D eigenvalue weighted by molar-refractivity contribution is 0.0844. The molecule has 146 valence electrons. The number of pyridine rings is 1. The molecule has 3 heterocycles. The van der Waals surface area contributed by atoms with E-state index >= 15 is 0 Å². The number of fused-ring (bicyclic) bond motifs is 4. The van der Waals surface area contributed by atoms with Gasteiger partial charge < -0.3 is 4.42 Å². The highest BCUT2D eigenvalue weighted by Crippen LogP contribution is 2.34. The molecule has 0 radical (unpaired) electrons. The number of carbonyl (C=O) groups is 1. The summed E-state index contributed by atoms with van der Waals surface area (Å²) in [7, 11) is 0. The van der Waals surface area contributed by atoms with Crippen molar-refractivity contribution in [3.05, 3.63) is 74.4 Å². The van der Waals surface area contributed by atoms with Crippen molar-refractivity contribution >= 4 is 34.1 Å². The highest BCUT2D eigenvalue weighted by molar-refractivity contribution is 7.80. The Morgan fingerprint density at radius 1 is 1.21 bits per heavy atom. The molecule has 29 heavy (non-hydrogen) atoms. The van der Waals surface area contributed by atoms with Gasteiger partial charge in [-0.05, 0) is 55.4 Å². The third-order valence-corrected chi connectivity index (χ3v) is 6.32. The van der Waals surface area contributed by atoms with Crippen LogP contribution >= 0.6 is 12.2 Å². The van der Waals surface area contributed by atoms with Crippen molar-refractivity contribution in [3.8, 4) is 0 Å². The van der Waals surface area contributed by atoms with Crippen LogP contribution < -0.4 is 5.63 Å². The Balaban J connectivity index is 1.58. The molecular weight excluding hydrogens is 384 g/mol.